The maximum Gasteiger partial charge on any atom is 0.410 e. The summed E-state index contributed by atoms with van der Waals surface area (Å²) in [5, 5.41) is 11.5. The van der Waals surface area contributed by atoms with Gasteiger partial charge < -0.3 is 34.4 Å². The number of H-pyrrole nitrogens is 4. The molecule has 11 rings (SSSR count). The van der Waals surface area contributed by atoms with E-state index in [1.807, 2.05) is 54.6 Å². The van der Waals surface area contributed by atoms with Crippen LogP contribution in [0.3, 0.4) is 0 Å². The molecule has 0 radical (unpaired) electrons. The molecule has 16 nitrogen and oxygen atoms in total. The maximum absolute atomic E-state index is 13.8. The number of nitrogens with one attached hydrogen (secondary N) is 5. The van der Waals surface area contributed by atoms with Gasteiger partial charge in [-0.25, -0.2) is 14.8 Å². The number of ether oxygens (including phenoxy) is 3. The lowest BCUT2D eigenvalue weighted by molar-refractivity contribution is 0.0639. The predicted molar refractivity (Wildman–Crippen MR) is 271 cm³/mol. The van der Waals surface area contributed by atoms with Crippen LogP contribution in [-0.4, -0.2) is 103 Å². The summed E-state index contributed by atoms with van der Waals surface area (Å²) >= 11 is 12.3. The van der Waals surface area contributed by atoms with E-state index < -0.39 is 0 Å². The Morgan fingerprint density at radius 3 is 1.63 bits per heavy atom. The molecule has 4 saturated heterocycles. The minimum atomic E-state index is -0.297. The van der Waals surface area contributed by atoms with Gasteiger partial charge in [0.15, 0.2) is 0 Å². The van der Waals surface area contributed by atoms with E-state index in [0.717, 1.165) is 160 Å². The Labute approximate surface area is 415 Å². The van der Waals surface area contributed by atoms with Gasteiger partial charge in [0.05, 0.1) is 22.1 Å². The zero-order valence-corrected chi connectivity index (χ0v) is 41.0. The quantitative estimate of drug-likeness (QED) is 0.0794. The number of aromatic nitrogens is 8. The number of benzene rings is 3. The molecule has 70 heavy (non-hydrogen) atoms. The first-order valence-corrected chi connectivity index (χ1v) is 25.8. The van der Waals surface area contributed by atoms with Crippen molar-refractivity contribution in [1.29, 1.82) is 0 Å². The van der Waals surface area contributed by atoms with Crippen LogP contribution in [0.25, 0.3) is 34.0 Å². The Hall–Kier alpha value is -5.65. The van der Waals surface area contributed by atoms with Gasteiger partial charge in [0, 0.05) is 83.9 Å². The number of likely N-dealkylation sites (tertiary alicyclic amines) is 1. The van der Waals surface area contributed by atoms with Crippen LogP contribution in [0, 0.1) is 11.8 Å². The number of piperidine rings is 2. The Morgan fingerprint density at radius 1 is 0.643 bits per heavy atom. The fraction of sp³-hybridized carbons (Fsp3) is 0.481. The van der Waals surface area contributed by atoms with Gasteiger partial charge in [0.2, 0.25) is 11.9 Å². The van der Waals surface area contributed by atoms with E-state index in [1.54, 1.807) is 21.7 Å². The summed E-state index contributed by atoms with van der Waals surface area (Å²) in [6.07, 6.45) is 11.0. The molecule has 0 saturated carbocycles. The van der Waals surface area contributed by atoms with E-state index in [-0.39, 0.29) is 29.7 Å². The second-order valence-corrected chi connectivity index (χ2v) is 20.1. The molecule has 4 fully saturated rings. The molecule has 0 spiro atoms. The fourth-order valence-corrected chi connectivity index (χ4v) is 11.0. The average Bonchev–Trinajstić information content (AvgIpc) is 4.18. The Kier molecular flexibility index (Phi) is 15.2. The summed E-state index contributed by atoms with van der Waals surface area (Å²) in [5.74, 6) is 2.67. The van der Waals surface area contributed by atoms with E-state index in [1.165, 1.54) is 4.68 Å². The molecule has 8 heterocycles. The molecular weight excluding hydrogens is 932 g/mol. The highest BCUT2D eigenvalue weighted by Gasteiger charge is 2.31. The van der Waals surface area contributed by atoms with Crippen molar-refractivity contribution in [3.05, 3.63) is 126 Å². The smallest absolute Gasteiger partial charge is 0.410 e. The molecule has 3 aromatic carbocycles. The minimum Gasteiger partial charge on any atom is -0.445 e. The third-order valence-corrected chi connectivity index (χ3v) is 15.2. The molecule has 1 amide bonds. The first-order chi connectivity index (χ1) is 34.2. The van der Waals surface area contributed by atoms with E-state index in [4.69, 9.17) is 37.4 Å². The molecule has 5 N–H and O–H groups in total. The summed E-state index contributed by atoms with van der Waals surface area (Å²) < 4.78 is 19.7. The molecule has 370 valence electrons. The van der Waals surface area contributed by atoms with Gasteiger partial charge in [-0.05, 0) is 144 Å². The first-order valence-electron chi connectivity index (χ1n) is 25.0. The van der Waals surface area contributed by atoms with E-state index in [0.29, 0.717) is 59.2 Å². The van der Waals surface area contributed by atoms with Crippen LogP contribution >= 0.6 is 23.2 Å². The van der Waals surface area contributed by atoms with Crippen molar-refractivity contribution in [3.8, 4) is 11.9 Å². The topological polar surface area (TPSA) is 193 Å². The number of hydrogen-bond donors (Lipinski definition) is 5. The Balaban J connectivity index is 0.000000169. The number of rotatable bonds is 12. The second-order valence-electron chi connectivity index (χ2n) is 19.2. The zero-order chi connectivity index (χ0) is 48.0. The maximum atomic E-state index is 13.8. The van der Waals surface area contributed by atoms with Gasteiger partial charge >= 0.3 is 6.09 Å². The van der Waals surface area contributed by atoms with Crippen LogP contribution in [0.4, 0.5) is 4.79 Å². The highest BCUT2D eigenvalue weighted by Crippen LogP contribution is 2.32. The van der Waals surface area contributed by atoms with Gasteiger partial charge in [0.1, 0.15) is 6.61 Å². The normalized spacial score (nSPS) is 17.8. The Bertz CT molecular complexity index is 2980. The molecular formula is C52H62Cl2N10O6. The van der Waals surface area contributed by atoms with Crippen molar-refractivity contribution in [2.75, 3.05) is 52.6 Å². The summed E-state index contributed by atoms with van der Waals surface area (Å²) in [6, 6.07) is 20.6. The molecule has 0 unspecified atom stereocenters. The molecule has 4 aliphatic rings. The third kappa shape index (κ3) is 11.1. The van der Waals surface area contributed by atoms with Crippen molar-refractivity contribution >= 4 is 51.4 Å². The first kappa shape index (κ1) is 48.0. The number of aromatic amines is 4. The number of fused-ring (bicyclic) bond motifs is 2. The molecule has 0 bridgehead atoms. The van der Waals surface area contributed by atoms with Gasteiger partial charge in [-0.15, -0.1) is 0 Å². The van der Waals surface area contributed by atoms with Crippen molar-refractivity contribution in [1.82, 2.24) is 49.7 Å². The average molecular weight is 994 g/mol. The van der Waals surface area contributed by atoms with Gasteiger partial charge in [0.25, 0.3) is 11.1 Å². The predicted octanol–water partition coefficient (Wildman–Crippen LogP) is 9.09. The minimum absolute atomic E-state index is 0.0146. The third-order valence-electron chi connectivity index (χ3n) is 14.7. The second kappa shape index (κ2) is 22.2. The number of amides is 1. The van der Waals surface area contributed by atoms with E-state index >= 15 is 0 Å². The molecule has 0 aliphatic carbocycles. The fourth-order valence-electron chi connectivity index (χ4n) is 10.6. The monoisotopic (exact) mass is 992 g/mol. The van der Waals surface area contributed by atoms with Crippen LogP contribution in [-0.2, 0) is 33.7 Å². The number of carbonyl (C=O) groups excluding carboxylic acids is 1. The molecule has 4 aromatic heterocycles. The summed E-state index contributed by atoms with van der Waals surface area (Å²) in [4.78, 5) is 57.5. The highest BCUT2D eigenvalue weighted by molar-refractivity contribution is 6.31. The van der Waals surface area contributed by atoms with E-state index in [2.05, 4.69) is 35.5 Å². The van der Waals surface area contributed by atoms with Crippen molar-refractivity contribution in [3.63, 3.8) is 0 Å². The summed E-state index contributed by atoms with van der Waals surface area (Å²) in [5.41, 5.74) is 7.82. The summed E-state index contributed by atoms with van der Waals surface area (Å²) in [7, 11) is 0. The van der Waals surface area contributed by atoms with Crippen molar-refractivity contribution in [2.24, 2.45) is 11.8 Å². The lowest BCUT2D eigenvalue weighted by atomic mass is 9.88. The van der Waals surface area contributed by atoms with Crippen LogP contribution in [0.5, 0.6) is 0 Å². The highest BCUT2D eigenvalue weighted by atomic mass is 35.5. The number of imidazole rings is 2. The van der Waals surface area contributed by atoms with E-state index in [9.17, 15) is 14.4 Å². The zero-order valence-electron chi connectivity index (χ0n) is 39.5. The largest absolute Gasteiger partial charge is 0.445 e. The lowest BCUT2D eigenvalue weighted by Gasteiger charge is -2.31. The molecule has 0 atom stereocenters. The van der Waals surface area contributed by atoms with Crippen molar-refractivity contribution < 1.29 is 19.0 Å². The number of halogens is 2. The van der Waals surface area contributed by atoms with Gasteiger partial charge in [-0.2, -0.15) is 9.36 Å². The van der Waals surface area contributed by atoms with Gasteiger partial charge in [-0.1, -0.05) is 53.5 Å². The van der Waals surface area contributed by atoms with Crippen LogP contribution in [0.2, 0.25) is 10.0 Å². The molecule has 4 aliphatic heterocycles. The van der Waals surface area contributed by atoms with Crippen LogP contribution in [0.1, 0.15) is 104 Å². The molecule has 18 heteroatoms. The van der Waals surface area contributed by atoms with Crippen LogP contribution < -0.4 is 16.4 Å². The number of carbonyl (C=O) groups is 1. The summed E-state index contributed by atoms with van der Waals surface area (Å²) in [6.45, 7) is 6.64. The SMILES string of the molecule is O=C(OCc1ccccc1)N1CCC(c2[nH]n(-c3nc4ccc(Cl)cc4[nH]3)c(=O)c2CCC2CCOCC2)CC1.O=c1c(CCC2CCOCC2)c(C2CCNCC2)[nH]n1-c1nc2ccc(Cl)cc2[nH]1. The van der Waals surface area contributed by atoms with Gasteiger partial charge in [-0.3, -0.25) is 19.8 Å². The van der Waals surface area contributed by atoms with Crippen LogP contribution in [0.15, 0.2) is 76.3 Å². The number of nitrogens with zero attached hydrogens (tertiary/aromatic N) is 5. The Morgan fingerprint density at radius 2 is 1.13 bits per heavy atom. The lowest BCUT2D eigenvalue weighted by Crippen LogP contribution is -2.38. The molecule has 7 aromatic rings. The standard InChI is InChI=1S/C30H34ClN5O4.C22H28ClN5O2/c31-23-7-9-25-26(18-23)33-29(32-25)36-28(37)24(8-6-20-12-16-39-17-13-20)27(34-36)22-10-14-35(15-11-22)30(38)40-19-21-4-2-1-3-5-21;23-16-2-4-18-19(13-16)26-22(25-18)28-21(29)17(3-1-14-7-11-30-12-8-14)20(27-28)15-5-9-24-10-6-15/h1-5,7,9,18,20,22,34H,6,8,10-17,19H2,(H,32,33);2,4,13-15,24,27H,1,3,5-12H2,(H,25,26). The number of hydrogen-bond acceptors (Lipinski definition) is 9. The van der Waals surface area contributed by atoms with Crippen molar-refractivity contribution in [2.45, 2.75) is 95.5 Å².